The van der Waals surface area contributed by atoms with Crippen LogP contribution in [0, 0.1) is 10.1 Å². The van der Waals surface area contributed by atoms with E-state index in [2.05, 4.69) is 0 Å². The highest BCUT2D eigenvalue weighted by molar-refractivity contribution is 5.40. The summed E-state index contributed by atoms with van der Waals surface area (Å²) in [4.78, 5) is 9.76. The Balaban J connectivity index is 3.26. The highest BCUT2D eigenvalue weighted by atomic mass is 19.3. The average molecular weight is 216 g/mol. The van der Waals surface area contributed by atoms with Crippen molar-refractivity contribution in [2.45, 2.75) is 19.4 Å². The Morgan fingerprint density at radius 2 is 1.87 bits per heavy atom. The summed E-state index contributed by atoms with van der Waals surface area (Å²) in [6.07, 6.45) is -2.73. The molecule has 1 rings (SSSR count). The van der Waals surface area contributed by atoms with Crippen LogP contribution in [0.3, 0.4) is 0 Å². The van der Waals surface area contributed by atoms with Gasteiger partial charge < -0.3 is 5.73 Å². The van der Waals surface area contributed by atoms with Crippen molar-refractivity contribution in [3.05, 3.63) is 39.4 Å². The zero-order chi connectivity index (χ0) is 11.6. The molecule has 2 N–H and O–H groups in total. The maximum atomic E-state index is 12.4. The third-order valence-corrected chi connectivity index (χ3v) is 1.95. The first-order valence-electron chi connectivity index (χ1n) is 4.25. The number of nitrogens with two attached hydrogens (primary N) is 1. The molecule has 4 nitrogen and oxygen atoms in total. The fourth-order valence-electron chi connectivity index (χ4n) is 1.15. The highest BCUT2D eigenvalue weighted by Gasteiger charge is 2.16. The molecule has 0 aliphatic carbocycles. The molecule has 0 amide bonds. The van der Waals surface area contributed by atoms with Crippen LogP contribution < -0.4 is 5.73 Å². The minimum Gasteiger partial charge on any atom is -0.324 e. The molecule has 0 bridgehead atoms. The quantitative estimate of drug-likeness (QED) is 0.623. The third-order valence-electron chi connectivity index (χ3n) is 1.95. The van der Waals surface area contributed by atoms with Gasteiger partial charge in [0.25, 0.3) is 12.1 Å². The molecule has 6 heteroatoms. The molecule has 0 saturated heterocycles. The van der Waals surface area contributed by atoms with E-state index in [0.717, 1.165) is 6.07 Å². The van der Waals surface area contributed by atoms with Gasteiger partial charge in [0, 0.05) is 23.7 Å². The molecular formula is C9H10F2N2O2. The van der Waals surface area contributed by atoms with Crippen LogP contribution in [-0.2, 0) is 0 Å². The number of hydrogen-bond acceptors (Lipinski definition) is 3. The summed E-state index contributed by atoms with van der Waals surface area (Å²) in [6.45, 7) is 1.58. The number of nitrogens with zero attached hydrogens (tertiary/aromatic N) is 1. The van der Waals surface area contributed by atoms with Gasteiger partial charge in [-0.2, -0.15) is 0 Å². The molecule has 0 aliphatic rings. The average Bonchev–Trinajstić information content (AvgIpc) is 2.16. The minimum absolute atomic E-state index is 0.333. The van der Waals surface area contributed by atoms with Crippen LogP contribution in [0.4, 0.5) is 14.5 Å². The lowest BCUT2D eigenvalue weighted by molar-refractivity contribution is -0.385. The Labute approximate surface area is 84.9 Å². The summed E-state index contributed by atoms with van der Waals surface area (Å²) in [5.74, 6) is 0. The summed E-state index contributed by atoms with van der Waals surface area (Å²) in [6, 6.07) is 2.73. The van der Waals surface area contributed by atoms with Crippen molar-refractivity contribution >= 4 is 5.69 Å². The molecule has 0 unspecified atom stereocenters. The van der Waals surface area contributed by atoms with E-state index in [9.17, 15) is 18.9 Å². The van der Waals surface area contributed by atoms with Gasteiger partial charge >= 0.3 is 0 Å². The normalized spacial score (nSPS) is 12.9. The smallest absolute Gasteiger partial charge is 0.270 e. The SMILES string of the molecule is C[C@@H](N)c1cc(C(F)F)cc([N+](=O)[O-])c1. The van der Waals surface area contributed by atoms with E-state index in [1.807, 2.05) is 0 Å². The lowest BCUT2D eigenvalue weighted by Gasteiger charge is -2.07. The van der Waals surface area contributed by atoms with E-state index in [1.165, 1.54) is 12.1 Å². The van der Waals surface area contributed by atoms with Crippen molar-refractivity contribution in [3.8, 4) is 0 Å². The van der Waals surface area contributed by atoms with Crippen molar-refractivity contribution in [3.63, 3.8) is 0 Å². The second-order valence-corrected chi connectivity index (χ2v) is 3.20. The van der Waals surface area contributed by atoms with Gasteiger partial charge in [-0.15, -0.1) is 0 Å². The number of hydrogen-bond donors (Lipinski definition) is 1. The molecule has 1 aromatic carbocycles. The Bertz CT molecular complexity index is 354. The summed E-state index contributed by atoms with van der Waals surface area (Å²) in [7, 11) is 0. The van der Waals surface area contributed by atoms with Crippen molar-refractivity contribution in [1.82, 2.24) is 0 Å². The Morgan fingerprint density at radius 1 is 1.33 bits per heavy atom. The molecule has 0 saturated carbocycles. The number of alkyl halides is 2. The van der Waals surface area contributed by atoms with Crippen LogP contribution in [0.5, 0.6) is 0 Å². The molecule has 0 aromatic heterocycles. The van der Waals surface area contributed by atoms with Crippen LogP contribution in [0.25, 0.3) is 0 Å². The summed E-state index contributed by atoms with van der Waals surface area (Å²) < 4.78 is 24.8. The highest BCUT2D eigenvalue weighted by Crippen LogP contribution is 2.27. The lowest BCUT2D eigenvalue weighted by Crippen LogP contribution is -2.06. The predicted octanol–water partition coefficient (Wildman–Crippen LogP) is 2.55. The minimum atomic E-state index is -2.73. The van der Waals surface area contributed by atoms with Gasteiger partial charge in [0.1, 0.15) is 0 Å². The molecule has 0 spiro atoms. The molecule has 0 heterocycles. The van der Waals surface area contributed by atoms with Crippen molar-refractivity contribution in [1.29, 1.82) is 0 Å². The molecule has 0 fully saturated rings. The maximum Gasteiger partial charge on any atom is 0.270 e. The van der Waals surface area contributed by atoms with Crippen molar-refractivity contribution in [2.75, 3.05) is 0 Å². The van der Waals surface area contributed by atoms with Gasteiger partial charge in [0.05, 0.1) is 4.92 Å². The van der Waals surface area contributed by atoms with E-state index in [-0.39, 0.29) is 11.3 Å². The number of non-ortho nitro benzene ring substituents is 1. The van der Waals surface area contributed by atoms with E-state index in [1.54, 1.807) is 6.92 Å². The second kappa shape index (κ2) is 4.31. The number of benzene rings is 1. The fraction of sp³-hybridized carbons (Fsp3) is 0.333. The Hall–Kier alpha value is -1.56. The lowest BCUT2D eigenvalue weighted by atomic mass is 10.0. The third kappa shape index (κ3) is 2.69. The van der Waals surface area contributed by atoms with Gasteiger partial charge in [-0.25, -0.2) is 8.78 Å². The number of rotatable bonds is 3. The molecule has 0 radical (unpaired) electrons. The van der Waals surface area contributed by atoms with Gasteiger partial charge in [0.15, 0.2) is 0 Å². The summed E-state index contributed by atoms with van der Waals surface area (Å²) in [5, 5.41) is 10.5. The first-order chi connectivity index (χ1) is 6.91. The zero-order valence-electron chi connectivity index (χ0n) is 7.98. The van der Waals surface area contributed by atoms with E-state index in [0.29, 0.717) is 5.56 Å². The Kier molecular flexibility index (Phi) is 3.31. The fourth-order valence-corrected chi connectivity index (χ4v) is 1.15. The summed E-state index contributed by atoms with van der Waals surface area (Å²) >= 11 is 0. The topological polar surface area (TPSA) is 69.2 Å². The molecule has 15 heavy (non-hydrogen) atoms. The van der Waals surface area contributed by atoms with Gasteiger partial charge in [-0.1, -0.05) is 0 Å². The van der Waals surface area contributed by atoms with Crippen molar-refractivity contribution in [2.24, 2.45) is 5.73 Å². The molecule has 0 aliphatic heterocycles. The second-order valence-electron chi connectivity index (χ2n) is 3.20. The molecular weight excluding hydrogens is 206 g/mol. The van der Waals surface area contributed by atoms with Crippen molar-refractivity contribution < 1.29 is 13.7 Å². The summed E-state index contributed by atoms with van der Waals surface area (Å²) in [5.41, 5.74) is 5.08. The first-order valence-corrected chi connectivity index (χ1v) is 4.25. The molecule has 1 aromatic rings. The first kappa shape index (κ1) is 11.5. The van der Waals surface area contributed by atoms with Crippen LogP contribution in [-0.4, -0.2) is 4.92 Å². The number of nitro groups is 1. The largest absolute Gasteiger partial charge is 0.324 e. The van der Waals surface area contributed by atoms with Gasteiger partial charge in [-0.3, -0.25) is 10.1 Å². The molecule has 1 atom stereocenters. The Morgan fingerprint density at radius 3 is 2.27 bits per heavy atom. The van der Waals surface area contributed by atoms with E-state index in [4.69, 9.17) is 5.73 Å². The van der Waals surface area contributed by atoms with E-state index >= 15 is 0 Å². The van der Waals surface area contributed by atoms with Crippen LogP contribution >= 0.6 is 0 Å². The maximum absolute atomic E-state index is 12.4. The predicted molar refractivity (Wildman–Crippen MR) is 50.7 cm³/mol. The van der Waals surface area contributed by atoms with Gasteiger partial charge in [-0.05, 0) is 18.6 Å². The van der Waals surface area contributed by atoms with Gasteiger partial charge in [0.2, 0.25) is 0 Å². The molecule has 82 valence electrons. The van der Waals surface area contributed by atoms with Crippen LogP contribution in [0.2, 0.25) is 0 Å². The standard InChI is InChI=1S/C9H10F2N2O2/c1-5(12)6-2-7(9(10)11)4-8(3-6)13(14)15/h2-5,9H,12H2,1H3/t5-/m1/s1. The van der Waals surface area contributed by atoms with Crippen LogP contribution in [0.1, 0.15) is 30.5 Å². The monoisotopic (exact) mass is 216 g/mol. The number of nitro benzene ring substituents is 1. The van der Waals surface area contributed by atoms with E-state index < -0.39 is 17.4 Å². The zero-order valence-corrected chi connectivity index (χ0v) is 7.98. The number of halogens is 2. The van der Waals surface area contributed by atoms with Crippen LogP contribution in [0.15, 0.2) is 18.2 Å².